The molecule has 0 aliphatic carbocycles. The number of nitrogens with one attached hydrogen (secondary N) is 2. The first kappa shape index (κ1) is 16.6. The molecule has 0 aliphatic heterocycles. The Morgan fingerprint density at radius 3 is 2.48 bits per heavy atom. The number of benzene rings is 2. The number of ether oxygens (including phenoxy) is 2. The summed E-state index contributed by atoms with van der Waals surface area (Å²) in [7, 11) is 3.05. The molecule has 23 heavy (non-hydrogen) atoms. The number of carbonyl (C=O) groups is 1. The smallest absolute Gasteiger partial charge is 0.243 e. The number of hydrogen-bond acceptors (Lipinski definition) is 4. The number of halogens is 1. The molecule has 0 spiro atoms. The highest BCUT2D eigenvalue weighted by atomic mass is 19.1. The molecule has 6 heteroatoms. The van der Waals surface area contributed by atoms with Gasteiger partial charge in [-0.05, 0) is 36.8 Å². The van der Waals surface area contributed by atoms with E-state index in [4.69, 9.17) is 9.47 Å². The molecule has 122 valence electrons. The van der Waals surface area contributed by atoms with Crippen LogP contribution in [0, 0.1) is 12.7 Å². The van der Waals surface area contributed by atoms with E-state index < -0.39 is 0 Å². The van der Waals surface area contributed by atoms with Crippen LogP contribution >= 0.6 is 0 Å². The lowest BCUT2D eigenvalue weighted by atomic mass is 10.2. The van der Waals surface area contributed by atoms with E-state index in [-0.39, 0.29) is 24.0 Å². The SMILES string of the molecule is COc1ccc(NC(=O)CNc2ccc(C)cc2F)c(OC)c1. The van der Waals surface area contributed by atoms with E-state index in [9.17, 15) is 9.18 Å². The summed E-state index contributed by atoms with van der Waals surface area (Å²) in [5.74, 6) is 0.409. The number of amides is 1. The van der Waals surface area contributed by atoms with E-state index in [1.54, 1.807) is 44.4 Å². The maximum Gasteiger partial charge on any atom is 0.243 e. The number of rotatable bonds is 6. The van der Waals surface area contributed by atoms with Crippen molar-refractivity contribution in [1.82, 2.24) is 0 Å². The van der Waals surface area contributed by atoms with Crippen molar-refractivity contribution in [2.45, 2.75) is 6.92 Å². The molecule has 0 unspecified atom stereocenters. The summed E-state index contributed by atoms with van der Waals surface area (Å²) in [4.78, 5) is 12.0. The highest BCUT2D eigenvalue weighted by Crippen LogP contribution is 2.28. The minimum Gasteiger partial charge on any atom is -0.497 e. The predicted molar refractivity (Wildman–Crippen MR) is 87.8 cm³/mol. The van der Waals surface area contributed by atoms with Crippen molar-refractivity contribution >= 4 is 17.3 Å². The van der Waals surface area contributed by atoms with Gasteiger partial charge >= 0.3 is 0 Å². The van der Waals surface area contributed by atoms with Gasteiger partial charge in [0.1, 0.15) is 17.3 Å². The van der Waals surface area contributed by atoms with Gasteiger partial charge in [0.15, 0.2) is 0 Å². The third-order valence-electron chi connectivity index (χ3n) is 3.25. The third-order valence-corrected chi connectivity index (χ3v) is 3.25. The maximum atomic E-state index is 13.7. The molecule has 0 aromatic heterocycles. The molecule has 0 heterocycles. The number of hydrogen-bond donors (Lipinski definition) is 2. The van der Waals surface area contributed by atoms with Crippen molar-refractivity contribution in [3.05, 3.63) is 47.8 Å². The first-order valence-electron chi connectivity index (χ1n) is 7.05. The zero-order valence-corrected chi connectivity index (χ0v) is 13.3. The molecule has 1 amide bonds. The van der Waals surface area contributed by atoms with Gasteiger partial charge in [0, 0.05) is 6.07 Å². The third kappa shape index (κ3) is 4.35. The van der Waals surface area contributed by atoms with E-state index in [1.165, 1.54) is 13.2 Å². The van der Waals surface area contributed by atoms with Crippen molar-refractivity contribution in [2.75, 3.05) is 31.4 Å². The summed E-state index contributed by atoms with van der Waals surface area (Å²) in [6.07, 6.45) is 0. The molecule has 0 saturated heterocycles. The fraction of sp³-hybridized carbons (Fsp3) is 0.235. The van der Waals surface area contributed by atoms with Crippen LogP contribution in [0.15, 0.2) is 36.4 Å². The quantitative estimate of drug-likeness (QED) is 0.859. The zero-order valence-electron chi connectivity index (χ0n) is 13.3. The number of carbonyl (C=O) groups excluding carboxylic acids is 1. The fourth-order valence-corrected chi connectivity index (χ4v) is 2.04. The minimum atomic E-state index is -0.389. The Morgan fingerprint density at radius 1 is 1.09 bits per heavy atom. The van der Waals surface area contributed by atoms with E-state index >= 15 is 0 Å². The summed E-state index contributed by atoms with van der Waals surface area (Å²) in [5.41, 5.74) is 1.62. The summed E-state index contributed by atoms with van der Waals surface area (Å²) < 4.78 is 24.0. The predicted octanol–water partition coefficient (Wildman–Crippen LogP) is 3.20. The molecule has 2 rings (SSSR count). The fourth-order valence-electron chi connectivity index (χ4n) is 2.04. The van der Waals surface area contributed by atoms with Crippen LogP contribution in [0.2, 0.25) is 0 Å². The molecule has 0 aliphatic rings. The molecule has 5 nitrogen and oxygen atoms in total. The Balaban J connectivity index is 1.99. The normalized spacial score (nSPS) is 10.1. The average molecular weight is 318 g/mol. The second-order valence-electron chi connectivity index (χ2n) is 4.95. The number of aryl methyl sites for hydroxylation is 1. The molecular formula is C17H19FN2O3. The molecule has 0 bridgehead atoms. The largest absolute Gasteiger partial charge is 0.497 e. The second kappa shape index (κ2) is 7.49. The highest BCUT2D eigenvalue weighted by molar-refractivity contribution is 5.95. The molecule has 2 aromatic rings. The Kier molecular flexibility index (Phi) is 5.41. The topological polar surface area (TPSA) is 59.6 Å². The van der Waals surface area contributed by atoms with Crippen LogP contribution in [-0.2, 0) is 4.79 Å². The van der Waals surface area contributed by atoms with Gasteiger partial charge in [0.25, 0.3) is 0 Å². The standard InChI is InChI=1S/C17H19FN2O3/c1-11-4-6-14(13(18)8-11)19-10-17(21)20-15-7-5-12(22-2)9-16(15)23-3/h4-9,19H,10H2,1-3H3,(H,20,21). The molecule has 0 fully saturated rings. The van der Waals surface area contributed by atoms with Gasteiger partial charge in [-0.1, -0.05) is 6.07 Å². The van der Waals surface area contributed by atoms with Gasteiger partial charge in [0.2, 0.25) is 5.91 Å². The van der Waals surface area contributed by atoms with Crippen molar-refractivity contribution in [2.24, 2.45) is 0 Å². The Labute approximate surface area is 134 Å². The van der Waals surface area contributed by atoms with Crippen LogP contribution in [0.1, 0.15) is 5.56 Å². The monoisotopic (exact) mass is 318 g/mol. The molecule has 0 saturated carbocycles. The first-order chi connectivity index (χ1) is 11.0. The van der Waals surface area contributed by atoms with E-state index in [2.05, 4.69) is 10.6 Å². The van der Waals surface area contributed by atoms with Crippen LogP contribution in [0.4, 0.5) is 15.8 Å². The van der Waals surface area contributed by atoms with Gasteiger partial charge in [-0.3, -0.25) is 4.79 Å². The van der Waals surface area contributed by atoms with Crippen LogP contribution in [0.3, 0.4) is 0 Å². The molecule has 2 N–H and O–H groups in total. The molecular weight excluding hydrogens is 299 g/mol. The number of methoxy groups -OCH3 is 2. The summed E-state index contributed by atoms with van der Waals surface area (Å²) in [6.45, 7) is 1.74. The summed E-state index contributed by atoms with van der Waals surface area (Å²) >= 11 is 0. The van der Waals surface area contributed by atoms with Crippen molar-refractivity contribution in [3.63, 3.8) is 0 Å². The van der Waals surface area contributed by atoms with E-state index in [0.29, 0.717) is 17.2 Å². The molecule has 0 radical (unpaired) electrons. The van der Waals surface area contributed by atoms with Crippen LogP contribution in [0.25, 0.3) is 0 Å². The number of anilines is 2. The lowest BCUT2D eigenvalue weighted by Crippen LogP contribution is -2.22. The summed E-state index contributed by atoms with van der Waals surface area (Å²) in [6, 6.07) is 9.85. The van der Waals surface area contributed by atoms with Gasteiger partial charge in [-0.25, -0.2) is 4.39 Å². The van der Waals surface area contributed by atoms with Crippen molar-refractivity contribution in [1.29, 1.82) is 0 Å². The van der Waals surface area contributed by atoms with Gasteiger partial charge in [0.05, 0.1) is 32.1 Å². The van der Waals surface area contributed by atoms with E-state index in [1.807, 2.05) is 0 Å². The molecule has 2 aromatic carbocycles. The Morgan fingerprint density at radius 2 is 1.83 bits per heavy atom. The van der Waals surface area contributed by atoms with Crippen molar-refractivity contribution < 1.29 is 18.7 Å². The van der Waals surface area contributed by atoms with Gasteiger partial charge < -0.3 is 20.1 Å². The Bertz CT molecular complexity index is 704. The second-order valence-corrected chi connectivity index (χ2v) is 4.95. The van der Waals surface area contributed by atoms with E-state index in [0.717, 1.165) is 5.56 Å². The zero-order chi connectivity index (χ0) is 16.8. The van der Waals surface area contributed by atoms with Crippen LogP contribution in [0.5, 0.6) is 11.5 Å². The van der Waals surface area contributed by atoms with Gasteiger partial charge in [-0.2, -0.15) is 0 Å². The lowest BCUT2D eigenvalue weighted by molar-refractivity contribution is -0.114. The van der Waals surface area contributed by atoms with Crippen LogP contribution in [-0.4, -0.2) is 26.7 Å². The summed E-state index contributed by atoms with van der Waals surface area (Å²) in [5, 5.41) is 5.48. The van der Waals surface area contributed by atoms with Crippen molar-refractivity contribution in [3.8, 4) is 11.5 Å². The van der Waals surface area contributed by atoms with Crippen LogP contribution < -0.4 is 20.1 Å². The Hall–Kier alpha value is -2.76. The minimum absolute atomic E-state index is 0.0604. The molecule has 0 atom stereocenters. The lowest BCUT2D eigenvalue weighted by Gasteiger charge is -2.12. The average Bonchev–Trinajstić information content (AvgIpc) is 2.54. The maximum absolute atomic E-state index is 13.7. The highest BCUT2D eigenvalue weighted by Gasteiger charge is 2.10. The first-order valence-corrected chi connectivity index (χ1v) is 7.05. The van der Waals surface area contributed by atoms with Gasteiger partial charge in [-0.15, -0.1) is 0 Å².